The maximum Gasteiger partial charge on any atom is 0.416 e. The summed E-state index contributed by atoms with van der Waals surface area (Å²) in [5, 5.41) is 1.06. The minimum atomic E-state index is -4.49. The van der Waals surface area contributed by atoms with E-state index in [0.29, 0.717) is 33.2 Å². The average Bonchev–Trinajstić information content (AvgIpc) is 3.29. The Morgan fingerprint density at radius 3 is 2.11 bits per heavy atom. The third kappa shape index (κ3) is 3.08. The maximum atomic E-state index is 13.6. The summed E-state index contributed by atoms with van der Waals surface area (Å²) in [4.78, 5) is 27.9. The molecule has 0 unspecified atom stereocenters. The second-order valence-corrected chi connectivity index (χ2v) is 8.57. The van der Waals surface area contributed by atoms with Crippen molar-refractivity contribution in [2.75, 3.05) is 4.90 Å². The number of fused-ring (bicyclic) bond motifs is 4. The Balaban J connectivity index is 1.65. The van der Waals surface area contributed by atoms with Gasteiger partial charge in [0.25, 0.3) is 11.8 Å². The van der Waals surface area contributed by atoms with E-state index in [1.54, 1.807) is 53.1 Å². The Kier molecular flexibility index (Phi) is 4.42. The number of carbonyl (C=O) groups is 2. The van der Waals surface area contributed by atoms with Gasteiger partial charge in [-0.25, -0.2) is 4.90 Å². The first kappa shape index (κ1) is 21.2. The summed E-state index contributed by atoms with van der Waals surface area (Å²) in [6, 6.07) is 22.8. The molecular formula is C28H17F3N2O2. The van der Waals surface area contributed by atoms with Gasteiger partial charge in [0, 0.05) is 10.8 Å². The van der Waals surface area contributed by atoms with Crippen molar-refractivity contribution < 1.29 is 22.8 Å². The second-order valence-electron chi connectivity index (χ2n) is 8.57. The maximum absolute atomic E-state index is 13.6. The number of para-hydroxylation sites is 1. The lowest BCUT2D eigenvalue weighted by molar-refractivity contribution is -0.137. The van der Waals surface area contributed by atoms with Gasteiger partial charge in [-0.15, -0.1) is 0 Å². The number of aryl methyl sites for hydroxylation is 1. The first-order chi connectivity index (χ1) is 16.8. The van der Waals surface area contributed by atoms with Crippen LogP contribution in [-0.2, 0) is 6.18 Å². The molecule has 0 atom stereocenters. The number of rotatable bonds is 2. The highest BCUT2D eigenvalue weighted by Gasteiger charge is 2.39. The third-order valence-corrected chi connectivity index (χ3v) is 6.40. The minimum Gasteiger partial charge on any atom is -0.308 e. The van der Waals surface area contributed by atoms with Crippen LogP contribution < -0.4 is 4.90 Å². The topological polar surface area (TPSA) is 42.3 Å². The third-order valence-electron chi connectivity index (χ3n) is 6.40. The largest absolute Gasteiger partial charge is 0.416 e. The van der Waals surface area contributed by atoms with E-state index in [-0.39, 0.29) is 11.1 Å². The van der Waals surface area contributed by atoms with Gasteiger partial charge in [0.1, 0.15) is 0 Å². The summed E-state index contributed by atoms with van der Waals surface area (Å²) in [5.41, 5.74) is 2.70. The van der Waals surface area contributed by atoms with Crippen LogP contribution in [0, 0.1) is 6.92 Å². The first-order valence-electron chi connectivity index (χ1n) is 10.9. The quantitative estimate of drug-likeness (QED) is 0.263. The van der Waals surface area contributed by atoms with E-state index in [1.165, 1.54) is 6.07 Å². The van der Waals surface area contributed by atoms with Crippen LogP contribution in [0.1, 0.15) is 31.8 Å². The van der Waals surface area contributed by atoms with Crippen molar-refractivity contribution in [1.82, 2.24) is 4.57 Å². The molecule has 1 aliphatic rings. The van der Waals surface area contributed by atoms with Gasteiger partial charge in [0.2, 0.25) is 0 Å². The molecule has 0 bridgehead atoms. The smallest absolute Gasteiger partial charge is 0.308 e. The monoisotopic (exact) mass is 470 g/mol. The van der Waals surface area contributed by atoms with Crippen molar-refractivity contribution in [3.05, 3.63) is 107 Å². The molecule has 0 fully saturated rings. The molecule has 4 nitrogen and oxygen atoms in total. The number of carbonyl (C=O) groups excluding carboxylic acids is 2. The number of imide groups is 1. The average molecular weight is 470 g/mol. The molecular weight excluding hydrogens is 453 g/mol. The van der Waals surface area contributed by atoms with Gasteiger partial charge in [-0.05, 0) is 61.5 Å². The van der Waals surface area contributed by atoms with Crippen LogP contribution in [0.5, 0.6) is 0 Å². The number of halogens is 3. The lowest BCUT2D eigenvalue weighted by atomic mass is 10.1. The Hall–Kier alpha value is -4.39. The zero-order chi connectivity index (χ0) is 24.5. The molecule has 0 saturated carbocycles. The molecule has 4 aromatic carbocycles. The standard InChI is InChI=1S/C28H17F3N2O2/c1-16-10-12-22-20(14-16)21-15-17(28(29,30)31)11-13-23(21)33(22)24-9-5-8-19-25(24)27(35)32(26(19)34)18-6-3-2-4-7-18/h2-15H,1H3. The van der Waals surface area contributed by atoms with Gasteiger partial charge in [-0.1, -0.05) is 35.9 Å². The number of nitrogens with zero attached hydrogens (tertiary/aromatic N) is 2. The summed E-state index contributed by atoms with van der Waals surface area (Å²) in [5.74, 6) is -0.908. The fourth-order valence-corrected chi connectivity index (χ4v) is 4.84. The van der Waals surface area contributed by atoms with E-state index in [0.717, 1.165) is 22.6 Å². The summed E-state index contributed by atoms with van der Waals surface area (Å²) >= 11 is 0. The van der Waals surface area contributed by atoms with E-state index in [2.05, 4.69) is 0 Å². The van der Waals surface area contributed by atoms with E-state index in [1.807, 2.05) is 25.1 Å². The molecule has 35 heavy (non-hydrogen) atoms. The number of amides is 2. The summed E-state index contributed by atoms with van der Waals surface area (Å²) < 4.78 is 42.3. The Morgan fingerprint density at radius 1 is 0.714 bits per heavy atom. The predicted octanol–water partition coefficient (Wildman–Crippen LogP) is 6.91. The summed E-state index contributed by atoms with van der Waals surface area (Å²) in [7, 11) is 0. The number of hydrogen-bond donors (Lipinski definition) is 0. The Morgan fingerprint density at radius 2 is 1.40 bits per heavy atom. The van der Waals surface area contributed by atoms with Gasteiger partial charge in [0.15, 0.2) is 0 Å². The summed E-state index contributed by atoms with van der Waals surface area (Å²) in [6.07, 6.45) is -4.49. The molecule has 1 aliphatic heterocycles. The summed E-state index contributed by atoms with van der Waals surface area (Å²) in [6.45, 7) is 1.87. The number of anilines is 1. The van der Waals surface area contributed by atoms with Crippen molar-refractivity contribution in [3.8, 4) is 5.69 Å². The van der Waals surface area contributed by atoms with Crippen LogP contribution in [0.3, 0.4) is 0 Å². The molecule has 7 heteroatoms. The van der Waals surface area contributed by atoms with Crippen LogP contribution in [0.15, 0.2) is 84.9 Å². The van der Waals surface area contributed by atoms with Gasteiger partial charge in [0.05, 0.1) is 39.1 Å². The van der Waals surface area contributed by atoms with Gasteiger partial charge < -0.3 is 4.57 Å². The van der Waals surface area contributed by atoms with E-state index in [4.69, 9.17) is 0 Å². The number of alkyl halides is 3. The molecule has 0 spiro atoms. The zero-order valence-electron chi connectivity index (χ0n) is 18.4. The first-order valence-corrected chi connectivity index (χ1v) is 10.9. The molecule has 2 amide bonds. The van der Waals surface area contributed by atoms with Gasteiger partial charge in [-0.2, -0.15) is 13.2 Å². The second kappa shape index (κ2) is 7.30. The Bertz CT molecular complexity index is 1680. The van der Waals surface area contributed by atoms with Crippen LogP contribution in [0.4, 0.5) is 18.9 Å². The Labute approximate surface area is 197 Å². The molecule has 1 aromatic heterocycles. The lowest BCUT2D eigenvalue weighted by Gasteiger charge is -2.14. The highest BCUT2D eigenvalue weighted by atomic mass is 19.4. The normalized spacial score (nSPS) is 13.8. The fourth-order valence-electron chi connectivity index (χ4n) is 4.84. The number of hydrogen-bond acceptors (Lipinski definition) is 2. The van der Waals surface area contributed by atoms with Crippen LogP contribution >= 0.6 is 0 Å². The van der Waals surface area contributed by atoms with Crippen molar-refractivity contribution in [1.29, 1.82) is 0 Å². The molecule has 2 heterocycles. The highest BCUT2D eigenvalue weighted by Crippen LogP contribution is 2.40. The van der Waals surface area contributed by atoms with Crippen LogP contribution in [0.2, 0.25) is 0 Å². The molecule has 0 N–H and O–H groups in total. The molecule has 172 valence electrons. The van der Waals surface area contributed by atoms with Crippen LogP contribution in [0.25, 0.3) is 27.5 Å². The van der Waals surface area contributed by atoms with Crippen molar-refractivity contribution in [3.63, 3.8) is 0 Å². The minimum absolute atomic E-state index is 0.223. The molecule has 5 aromatic rings. The van der Waals surface area contributed by atoms with Gasteiger partial charge in [-0.3, -0.25) is 9.59 Å². The fraction of sp³-hybridized carbons (Fsp3) is 0.0714. The van der Waals surface area contributed by atoms with Crippen LogP contribution in [-0.4, -0.2) is 16.4 Å². The molecule has 0 radical (unpaired) electrons. The number of benzene rings is 4. The highest BCUT2D eigenvalue weighted by molar-refractivity contribution is 6.35. The molecule has 6 rings (SSSR count). The van der Waals surface area contributed by atoms with Gasteiger partial charge >= 0.3 is 6.18 Å². The lowest BCUT2D eigenvalue weighted by Crippen LogP contribution is -2.29. The van der Waals surface area contributed by atoms with Crippen molar-refractivity contribution in [2.24, 2.45) is 0 Å². The van der Waals surface area contributed by atoms with E-state index >= 15 is 0 Å². The van der Waals surface area contributed by atoms with Crippen molar-refractivity contribution in [2.45, 2.75) is 13.1 Å². The number of aromatic nitrogens is 1. The zero-order valence-corrected chi connectivity index (χ0v) is 18.4. The predicted molar refractivity (Wildman–Crippen MR) is 128 cm³/mol. The van der Waals surface area contributed by atoms with E-state index in [9.17, 15) is 22.8 Å². The molecule has 0 aliphatic carbocycles. The molecule has 0 saturated heterocycles. The van der Waals surface area contributed by atoms with E-state index < -0.39 is 23.6 Å². The SMILES string of the molecule is Cc1ccc2c(c1)c1cc(C(F)(F)F)ccc1n2-c1cccc2c1C(=O)N(c1ccccc1)C2=O. The van der Waals surface area contributed by atoms with Crippen molar-refractivity contribution >= 4 is 39.3 Å².